The fourth-order valence-corrected chi connectivity index (χ4v) is 4.24. The quantitative estimate of drug-likeness (QED) is 0.748. The van der Waals surface area contributed by atoms with Crippen molar-refractivity contribution in [2.45, 2.75) is 25.4 Å². The smallest absolute Gasteiger partial charge is 0.368 e. The number of halogens is 4. The lowest BCUT2D eigenvalue weighted by molar-refractivity contribution is -0.137. The van der Waals surface area contributed by atoms with Crippen LogP contribution >= 0.6 is 11.6 Å². The van der Waals surface area contributed by atoms with Gasteiger partial charge in [-0.3, -0.25) is 4.90 Å². The van der Waals surface area contributed by atoms with Gasteiger partial charge in [0.25, 0.3) is 0 Å². The number of nitrogens with zero attached hydrogens (tertiary/aromatic N) is 2. The predicted molar refractivity (Wildman–Crippen MR) is 105 cm³/mol. The van der Waals surface area contributed by atoms with E-state index < -0.39 is 11.7 Å². The third-order valence-electron chi connectivity index (χ3n) is 5.45. The van der Waals surface area contributed by atoms with Gasteiger partial charge in [0.1, 0.15) is 5.82 Å². The van der Waals surface area contributed by atoms with Gasteiger partial charge in [-0.1, -0.05) is 41.4 Å². The first-order chi connectivity index (χ1) is 13.4. The number of aryl methyl sites for hydroxylation is 1. The highest BCUT2D eigenvalue weighted by Crippen LogP contribution is 2.36. The van der Waals surface area contributed by atoms with Crippen molar-refractivity contribution in [3.63, 3.8) is 0 Å². The molecule has 148 valence electrons. The van der Waals surface area contributed by atoms with Crippen LogP contribution < -0.4 is 5.32 Å². The predicted octanol–water partition coefficient (Wildman–Crippen LogP) is 5.27. The molecule has 28 heavy (non-hydrogen) atoms. The van der Waals surface area contributed by atoms with Crippen molar-refractivity contribution in [3.05, 3.63) is 63.8 Å². The van der Waals surface area contributed by atoms with Gasteiger partial charge in [-0.05, 0) is 42.0 Å². The summed E-state index contributed by atoms with van der Waals surface area (Å²) in [6, 6.07) is 9.56. The van der Waals surface area contributed by atoms with Crippen molar-refractivity contribution < 1.29 is 13.2 Å². The first-order valence-electron chi connectivity index (χ1n) is 9.40. The van der Waals surface area contributed by atoms with Crippen LogP contribution in [0.4, 0.5) is 19.0 Å². The molecule has 0 bridgehead atoms. The van der Waals surface area contributed by atoms with Crippen molar-refractivity contribution in [2.24, 2.45) is 0 Å². The van der Waals surface area contributed by atoms with Crippen molar-refractivity contribution in [1.29, 1.82) is 0 Å². The van der Waals surface area contributed by atoms with E-state index in [-0.39, 0.29) is 10.8 Å². The first kappa shape index (κ1) is 19.3. The fourth-order valence-electron chi connectivity index (χ4n) is 4.01. The average Bonchev–Trinajstić information content (AvgIpc) is 2.68. The van der Waals surface area contributed by atoms with Crippen LogP contribution in [0, 0.1) is 0 Å². The molecule has 7 heteroatoms. The van der Waals surface area contributed by atoms with Gasteiger partial charge < -0.3 is 5.32 Å². The van der Waals surface area contributed by atoms with Crippen LogP contribution in [0.5, 0.6) is 0 Å². The molecule has 1 aromatic carbocycles. The van der Waals surface area contributed by atoms with E-state index in [9.17, 15) is 13.2 Å². The summed E-state index contributed by atoms with van der Waals surface area (Å²) in [6.07, 6.45) is -0.404. The highest BCUT2D eigenvalue weighted by molar-refractivity contribution is 6.32. The van der Waals surface area contributed by atoms with E-state index in [1.54, 1.807) is 0 Å². The topological polar surface area (TPSA) is 28.2 Å². The number of rotatable bonds is 4. The van der Waals surface area contributed by atoms with E-state index in [1.807, 2.05) is 0 Å². The Bertz CT molecular complexity index is 908. The average molecular weight is 408 g/mol. The lowest BCUT2D eigenvalue weighted by atomic mass is 9.82. The van der Waals surface area contributed by atoms with Gasteiger partial charge in [0, 0.05) is 32.4 Å². The highest BCUT2D eigenvalue weighted by Gasteiger charge is 2.31. The normalized spacial score (nSPS) is 17.3. The minimum atomic E-state index is -4.44. The summed E-state index contributed by atoms with van der Waals surface area (Å²) in [6.45, 7) is 3.29. The number of benzene rings is 1. The summed E-state index contributed by atoms with van der Waals surface area (Å²) >= 11 is 5.95. The molecule has 0 radical (unpaired) electrons. The second-order valence-corrected chi connectivity index (χ2v) is 7.65. The standard InChI is InChI=1S/C21H21ClF3N3/c22-19-11-16(21(23,24)25)12-27-20(19)26-8-10-28-9-7-18-15(13-28)6-5-14-3-1-2-4-17(14)18/h1-4,11-12H,5-10,13H2,(H,26,27). The molecule has 2 heterocycles. The zero-order valence-electron chi connectivity index (χ0n) is 15.3. The van der Waals surface area contributed by atoms with Crippen LogP contribution in [0.3, 0.4) is 0 Å². The number of hydrogen-bond donors (Lipinski definition) is 1. The van der Waals surface area contributed by atoms with Crippen LogP contribution in [0.25, 0.3) is 5.57 Å². The molecule has 0 spiro atoms. The van der Waals surface area contributed by atoms with Crippen LogP contribution in [-0.2, 0) is 12.6 Å². The minimum Gasteiger partial charge on any atom is -0.368 e. The Kier molecular flexibility index (Phi) is 5.34. The molecule has 0 atom stereocenters. The lowest BCUT2D eigenvalue weighted by Gasteiger charge is -2.34. The molecule has 1 N–H and O–H groups in total. The summed E-state index contributed by atoms with van der Waals surface area (Å²) in [5, 5.41) is 3.05. The number of aromatic nitrogens is 1. The Morgan fingerprint density at radius 2 is 1.96 bits per heavy atom. The van der Waals surface area contributed by atoms with Crippen molar-refractivity contribution in [1.82, 2.24) is 9.88 Å². The molecule has 3 nitrogen and oxygen atoms in total. The molecule has 1 aliphatic carbocycles. The van der Waals surface area contributed by atoms with E-state index in [0.717, 1.165) is 51.2 Å². The van der Waals surface area contributed by atoms with E-state index in [4.69, 9.17) is 11.6 Å². The minimum absolute atomic E-state index is 0.0117. The van der Waals surface area contributed by atoms with Gasteiger partial charge in [0.05, 0.1) is 10.6 Å². The second kappa shape index (κ2) is 7.76. The Balaban J connectivity index is 1.35. The molecule has 2 aromatic rings. The van der Waals surface area contributed by atoms with Crippen molar-refractivity contribution in [2.75, 3.05) is 31.5 Å². The largest absolute Gasteiger partial charge is 0.417 e. The maximum absolute atomic E-state index is 12.7. The number of anilines is 1. The van der Waals surface area contributed by atoms with Crippen LogP contribution in [0.15, 0.2) is 42.1 Å². The Hall–Kier alpha value is -2.05. The number of fused-ring (bicyclic) bond motifs is 2. The Labute approximate surface area is 167 Å². The Morgan fingerprint density at radius 3 is 2.75 bits per heavy atom. The van der Waals surface area contributed by atoms with Gasteiger partial charge >= 0.3 is 6.18 Å². The highest BCUT2D eigenvalue weighted by atomic mass is 35.5. The number of alkyl halides is 3. The molecule has 4 rings (SSSR count). The lowest BCUT2D eigenvalue weighted by Crippen LogP contribution is -2.36. The third-order valence-corrected chi connectivity index (χ3v) is 5.73. The van der Waals surface area contributed by atoms with E-state index in [2.05, 4.69) is 39.5 Å². The van der Waals surface area contributed by atoms with Crippen molar-refractivity contribution in [3.8, 4) is 0 Å². The maximum Gasteiger partial charge on any atom is 0.417 e. The summed E-state index contributed by atoms with van der Waals surface area (Å²) in [7, 11) is 0. The SMILES string of the molecule is FC(F)(F)c1cnc(NCCN2CCC3=C(CCc4ccccc43)C2)c(Cl)c1. The molecule has 0 fully saturated rings. The summed E-state index contributed by atoms with van der Waals surface area (Å²) in [4.78, 5) is 6.20. The van der Waals surface area contributed by atoms with Crippen LogP contribution in [0.1, 0.15) is 29.5 Å². The number of nitrogens with one attached hydrogen (secondary N) is 1. The second-order valence-electron chi connectivity index (χ2n) is 7.24. The van der Waals surface area contributed by atoms with Gasteiger partial charge in [0.15, 0.2) is 0 Å². The van der Waals surface area contributed by atoms with Crippen molar-refractivity contribution >= 4 is 23.0 Å². The molecule has 0 unspecified atom stereocenters. The van der Waals surface area contributed by atoms with E-state index in [0.29, 0.717) is 6.54 Å². The van der Waals surface area contributed by atoms with Gasteiger partial charge in [-0.25, -0.2) is 4.98 Å². The molecule has 2 aliphatic rings. The monoisotopic (exact) mass is 407 g/mol. The number of pyridine rings is 1. The van der Waals surface area contributed by atoms with Gasteiger partial charge in [0.2, 0.25) is 0 Å². The molecule has 0 saturated carbocycles. The molecule has 1 aromatic heterocycles. The maximum atomic E-state index is 12.7. The van der Waals surface area contributed by atoms with Gasteiger partial charge in [-0.15, -0.1) is 0 Å². The van der Waals surface area contributed by atoms with Crippen LogP contribution in [0.2, 0.25) is 5.02 Å². The molecular formula is C21H21ClF3N3. The molecule has 1 aliphatic heterocycles. The number of hydrogen-bond acceptors (Lipinski definition) is 3. The van der Waals surface area contributed by atoms with E-state index in [1.165, 1.54) is 22.3 Å². The van der Waals surface area contributed by atoms with Crippen LogP contribution in [-0.4, -0.2) is 36.1 Å². The fraction of sp³-hybridized carbons (Fsp3) is 0.381. The third kappa shape index (κ3) is 4.03. The molecular weight excluding hydrogens is 387 g/mol. The molecule has 0 amide bonds. The van der Waals surface area contributed by atoms with E-state index >= 15 is 0 Å². The zero-order chi connectivity index (χ0) is 19.7. The zero-order valence-corrected chi connectivity index (χ0v) is 16.1. The van der Waals surface area contributed by atoms with Gasteiger partial charge in [-0.2, -0.15) is 13.2 Å². The summed E-state index contributed by atoms with van der Waals surface area (Å²) < 4.78 is 38.1. The summed E-state index contributed by atoms with van der Waals surface area (Å²) in [5.74, 6) is 0.290. The first-order valence-corrected chi connectivity index (χ1v) is 9.78. The summed E-state index contributed by atoms with van der Waals surface area (Å²) in [5.41, 5.74) is 5.02. The molecule has 0 saturated heterocycles. The Morgan fingerprint density at radius 1 is 1.14 bits per heavy atom.